The van der Waals surface area contributed by atoms with Gasteiger partial charge in [0.25, 0.3) is 0 Å². The lowest BCUT2D eigenvalue weighted by Crippen LogP contribution is -2.48. The molecule has 2 aromatic rings. The monoisotopic (exact) mass is 397 g/mol. The van der Waals surface area contributed by atoms with Crippen LogP contribution < -0.4 is 5.32 Å². The third kappa shape index (κ3) is 4.58. The zero-order valence-corrected chi connectivity index (χ0v) is 16.7. The van der Waals surface area contributed by atoms with Crippen LogP contribution >= 0.6 is 0 Å². The molecule has 29 heavy (non-hydrogen) atoms. The molecule has 2 fully saturated rings. The molecule has 0 aliphatic carbocycles. The Kier molecular flexibility index (Phi) is 5.78. The Morgan fingerprint density at radius 3 is 2.79 bits per heavy atom. The fourth-order valence-corrected chi connectivity index (χ4v) is 4.12. The van der Waals surface area contributed by atoms with E-state index in [0.29, 0.717) is 37.8 Å². The van der Waals surface area contributed by atoms with Gasteiger partial charge in [-0.2, -0.15) is 4.98 Å². The van der Waals surface area contributed by atoms with Gasteiger partial charge in [0, 0.05) is 32.6 Å². The molecular weight excluding hydrogens is 370 g/mol. The minimum atomic E-state index is -0.239. The summed E-state index contributed by atoms with van der Waals surface area (Å²) in [6.07, 6.45) is 3.29. The number of likely N-dealkylation sites (tertiary alicyclic amines) is 2. The van der Waals surface area contributed by atoms with Gasteiger partial charge in [0.1, 0.15) is 0 Å². The van der Waals surface area contributed by atoms with Crippen molar-refractivity contribution in [1.82, 2.24) is 25.3 Å². The van der Waals surface area contributed by atoms with Gasteiger partial charge in [0.05, 0.1) is 12.0 Å². The predicted octanol–water partition coefficient (Wildman–Crippen LogP) is 2.63. The summed E-state index contributed by atoms with van der Waals surface area (Å²) in [5, 5.41) is 7.03. The van der Waals surface area contributed by atoms with E-state index in [1.807, 2.05) is 40.1 Å². The van der Waals surface area contributed by atoms with Crippen LogP contribution in [0.25, 0.3) is 0 Å². The average molecular weight is 397 g/mol. The number of rotatable bonds is 5. The summed E-state index contributed by atoms with van der Waals surface area (Å²) in [6.45, 7) is 4.29. The Morgan fingerprint density at radius 1 is 1.28 bits per heavy atom. The number of benzene rings is 1. The smallest absolute Gasteiger partial charge is 0.317 e. The normalized spacial score (nSPS) is 20.7. The average Bonchev–Trinajstić information content (AvgIpc) is 3.36. The topological polar surface area (TPSA) is 91.6 Å². The first kappa shape index (κ1) is 19.4. The van der Waals surface area contributed by atoms with Crippen LogP contribution in [0.2, 0.25) is 0 Å². The molecule has 8 heteroatoms. The molecule has 0 saturated carbocycles. The molecule has 2 aliphatic heterocycles. The highest BCUT2D eigenvalue weighted by atomic mass is 16.5. The molecule has 8 nitrogen and oxygen atoms in total. The van der Waals surface area contributed by atoms with Crippen molar-refractivity contribution in [3.63, 3.8) is 0 Å². The quantitative estimate of drug-likeness (QED) is 0.837. The molecule has 1 N–H and O–H groups in total. The molecular formula is C21H27N5O3. The van der Waals surface area contributed by atoms with E-state index < -0.39 is 0 Å². The van der Waals surface area contributed by atoms with Crippen LogP contribution in [0, 0.1) is 6.92 Å². The number of hydrogen-bond acceptors (Lipinski definition) is 5. The van der Waals surface area contributed by atoms with Crippen molar-refractivity contribution in [1.29, 1.82) is 0 Å². The van der Waals surface area contributed by atoms with Crippen molar-refractivity contribution in [3.05, 3.63) is 47.6 Å². The number of aromatic nitrogens is 2. The third-order valence-electron chi connectivity index (χ3n) is 5.68. The number of piperidine rings is 1. The van der Waals surface area contributed by atoms with Gasteiger partial charge < -0.3 is 19.6 Å². The number of hydrogen-bond donors (Lipinski definition) is 1. The number of aryl methyl sites for hydroxylation is 1. The van der Waals surface area contributed by atoms with Crippen molar-refractivity contribution in [3.8, 4) is 0 Å². The zero-order valence-electron chi connectivity index (χ0n) is 16.7. The van der Waals surface area contributed by atoms with Crippen LogP contribution in [-0.2, 0) is 4.79 Å². The van der Waals surface area contributed by atoms with E-state index in [9.17, 15) is 9.59 Å². The maximum atomic E-state index is 13.1. The predicted molar refractivity (Wildman–Crippen MR) is 106 cm³/mol. The fraction of sp³-hybridized carbons (Fsp3) is 0.524. The molecule has 3 heterocycles. The summed E-state index contributed by atoms with van der Waals surface area (Å²) in [5.74, 6) is 1.43. The Balaban J connectivity index is 1.44. The summed E-state index contributed by atoms with van der Waals surface area (Å²) in [7, 11) is 0. The summed E-state index contributed by atoms with van der Waals surface area (Å²) in [4.78, 5) is 33.2. The molecule has 0 spiro atoms. The Labute approximate surface area is 170 Å². The van der Waals surface area contributed by atoms with Crippen LogP contribution in [0.15, 0.2) is 34.9 Å². The van der Waals surface area contributed by atoms with E-state index in [1.54, 1.807) is 6.92 Å². The Bertz CT molecular complexity index is 853. The number of nitrogens with zero attached hydrogens (tertiary/aromatic N) is 4. The molecule has 0 bridgehead atoms. The van der Waals surface area contributed by atoms with E-state index in [0.717, 1.165) is 31.4 Å². The summed E-state index contributed by atoms with van der Waals surface area (Å²) >= 11 is 0. The van der Waals surface area contributed by atoms with Gasteiger partial charge in [0.15, 0.2) is 5.82 Å². The first-order valence-electron chi connectivity index (χ1n) is 10.3. The van der Waals surface area contributed by atoms with Crippen molar-refractivity contribution >= 4 is 11.9 Å². The van der Waals surface area contributed by atoms with Crippen LogP contribution in [0.3, 0.4) is 0 Å². The van der Waals surface area contributed by atoms with Crippen LogP contribution in [0.4, 0.5) is 4.79 Å². The fourth-order valence-electron chi connectivity index (χ4n) is 4.12. The second-order valence-corrected chi connectivity index (χ2v) is 7.82. The highest BCUT2D eigenvalue weighted by molar-refractivity contribution is 5.78. The molecule has 0 radical (unpaired) electrons. The number of nitrogens with one attached hydrogen (secondary N) is 1. The molecule has 1 aromatic heterocycles. The summed E-state index contributed by atoms with van der Waals surface area (Å²) in [6, 6.07) is 9.48. The SMILES string of the molecule is Cc1noc(C2CCCN(C(=O)NC(CN3CCCC3=O)c3ccccc3)C2)n1. The van der Waals surface area contributed by atoms with Gasteiger partial charge in [-0.25, -0.2) is 4.79 Å². The van der Waals surface area contributed by atoms with E-state index in [-0.39, 0.29) is 23.9 Å². The number of urea groups is 1. The first-order chi connectivity index (χ1) is 14.1. The molecule has 4 rings (SSSR count). The number of carbonyl (C=O) groups excluding carboxylic acids is 2. The second-order valence-electron chi connectivity index (χ2n) is 7.82. The number of carbonyl (C=O) groups is 2. The van der Waals surface area contributed by atoms with Crippen LogP contribution in [0.1, 0.15) is 54.9 Å². The number of amides is 3. The van der Waals surface area contributed by atoms with Crippen LogP contribution in [0.5, 0.6) is 0 Å². The van der Waals surface area contributed by atoms with Gasteiger partial charge in [0.2, 0.25) is 11.8 Å². The van der Waals surface area contributed by atoms with E-state index in [1.165, 1.54) is 0 Å². The molecule has 1 aromatic carbocycles. The summed E-state index contributed by atoms with van der Waals surface area (Å²) in [5.41, 5.74) is 1.00. The van der Waals surface area contributed by atoms with Gasteiger partial charge >= 0.3 is 6.03 Å². The maximum Gasteiger partial charge on any atom is 0.317 e. The lowest BCUT2D eigenvalue weighted by atomic mass is 9.98. The second kappa shape index (κ2) is 8.63. The third-order valence-corrected chi connectivity index (χ3v) is 5.68. The Hall–Kier alpha value is -2.90. The van der Waals surface area contributed by atoms with E-state index in [4.69, 9.17) is 4.52 Å². The van der Waals surface area contributed by atoms with Gasteiger partial charge in [-0.3, -0.25) is 4.79 Å². The zero-order chi connectivity index (χ0) is 20.2. The highest BCUT2D eigenvalue weighted by Gasteiger charge is 2.31. The lowest BCUT2D eigenvalue weighted by molar-refractivity contribution is -0.128. The van der Waals surface area contributed by atoms with E-state index >= 15 is 0 Å². The van der Waals surface area contributed by atoms with Crippen molar-refractivity contribution in [2.24, 2.45) is 0 Å². The molecule has 2 atom stereocenters. The minimum Gasteiger partial charge on any atom is -0.340 e. The molecule has 3 amide bonds. The largest absolute Gasteiger partial charge is 0.340 e. The van der Waals surface area contributed by atoms with Crippen molar-refractivity contribution < 1.29 is 14.1 Å². The lowest BCUT2D eigenvalue weighted by Gasteiger charge is -2.33. The maximum absolute atomic E-state index is 13.1. The molecule has 2 saturated heterocycles. The first-order valence-corrected chi connectivity index (χ1v) is 10.3. The van der Waals surface area contributed by atoms with Gasteiger partial charge in [-0.15, -0.1) is 0 Å². The molecule has 154 valence electrons. The van der Waals surface area contributed by atoms with E-state index in [2.05, 4.69) is 15.5 Å². The molecule has 2 aliphatic rings. The standard InChI is InChI=1S/C21H27N5O3/c1-15-22-20(29-24-15)17-9-5-12-26(13-17)21(28)23-18(16-7-3-2-4-8-16)14-25-11-6-10-19(25)27/h2-4,7-8,17-18H,5-6,9-14H2,1H3,(H,23,28). The summed E-state index contributed by atoms with van der Waals surface area (Å²) < 4.78 is 5.32. The Morgan fingerprint density at radius 2 is 2.10 bits per heavy atom. The van der Waals surface area contributed by atoms with Crippen molar-refractivity contribution in [2.75, 3.05) is 26.2 Å². The van der Waals surface area contributed by atoms with Crippen LogP contribution in [-0.4, -0.2) is 58.1 Å². The highest BCUT2D eigenvalue weighted by Crippen LogP contribution is 2.26. The van der Waals surface area contributed by atoms with Crippen molar-refractivity contribution in [2.45, 2.75) is 44.6 Å². The van der Waals surface area contributed by atoms with Gasteiger partial charge in [-0.1, -0.05) is 35.5 Å². The molecule has 2 unspecified atom stereocenters. The van der Waals surface area contributed by atoms with Gasteiger partial charge in [-0.05, 0) is 31.7 Å². The minimum absolute atomic E-state index is 0.0611.